The Labute approximate surface area is 363 Å². The van der Waals surface area contributed by atoms with Crippen LogP contribution in [0.15, 0.2) is 224 Å². The Kier molecular flexibility index (Phi) is 8.68. The third kappa shape index (κ3) is 6.20. The highest BCUT2D eigenvalue weighted by molar-refractivity contribution is 7.25. The molecule has 0 saturated heterocycles. The first-order chi connectivity index (χ1) is 30.7. The molecule has 0 atom stereocenters. The maximum atomic E-state index is 5.68. The summed E-state index contributed by atoms with van der Waals surface area (Å²) in [5.74, 6) is 0. The number of anilines is 3. The van der Waals surface area contributed by atoms with Crippen LogP contribution in [0.2, 0.25) is 0 Å². The molecule has 0 N–H and O–H groups in total. The Morgan fingerprint density at radius 3 is 1.68 bits per heavy atom. The van der Waals surface area contributed by atoms with Crippen molar-refractivity contribution in [1.82, 2.24) is 9.97 Å². The number of pyridine rings is 2. The Morgan fingerprint density at radius 1 is 0.339 bits per heavy atom. The molecule has 3 nitrogen and oxygen atoms in total. The molecule has 3 heterocycles. The zero-order valence-corrected chi connectivity index (χ0v) is 34.4. The van der Waals surface area contributed by atoms with E-state index < -0.39 is 0 Å². The summed E-state index contributed by atoms with van der Waals surface area (Å²) in [4.78, 5) is 13.2. The van der Waals surface area contributed by atoms with Gasteiger partial charge in [0.15, 0.2) is 0 Å². The van der Waals surface area contributed by atoms with Gasteiger partial charge in [0.2, 0.25) is 0 Å². The predicted octanol–water partition coefficient (Wildman–Crippen LogP) is 16.4. The van der Waals surface area contributed by atoms with Gasteiger partial charge in [-0.05, 0) is 77.0 Å². The average molecular weight is 808 g/mol. The highest BCUT2D eigenvalue weighted by Gasteiger charge is 2.19. The van der Waals surface area contributed by atoms with E-state index in [1.165, 1.54) is 36.3 Å². The van der Waals surface area contributed by atoms with Gasteiger partial charge < -0.3 is 4.90 Å². The minimum atomic E-state index is 0.926. The molecule has 0 bridgehead atoms. The van der Waals surface area contributed by atoms with Crippen LogP contribution in [0.1, 0.15) is 0 Å². The van der Waals surface area contributed by atoms with Crippen LogP contribution < -0.4 is 4.90 Å². The van der Waals surface area contributed by atoms with E-state index in [4.69, 9.17) is 9.97 Å². The van der Waals surface area contributed by atoms with Crippen LogP contribution in [0.25, 0.3) is 97.5 Å². The molecule has 62 heavy (non-hydrogen) atoms. The quantitative estimate of drug-likeness (QED) is 0.150. The summed E-state index contributed by atoms with van der Waals surface area (Å²) in [5.41, 5.74) is 12.4. The number of hydrogen-bond donors (Lipinski definition) is 0. The molecule has 0 aliphatic rings. The first-order valence-corrected chi connectivity index (χ1v) is 21.8. The summed E-state index contributed by atoms with van der Waals surface area (Å²) < 4.78 is 2.59. The summed E-state index contributed by atoms with van der Waals surface area (Å²) >= 11 is 1.85. The van der Waals surface area contributed by atoms with Crippen LogP contribution in [0.3, 0.4) is 0 Å². The van der Waals surface area contributed by atoms with Crippen molar-refractivity contribution < 1.29 is 0 Å². The summed E-state index contributed by atoms with van der Waals surface area (Å²) in [7, 11) is 0. The van der Waals surface area contributed by atoms with Crippen LogP contribution in [-0.2, 0) is 0 Å². The van der Waals surface area contributed by atoms with E-state index in [9.17, 15) is 0 Å². The second kappa shape index (κ2) is 15.0. The Hall–Kier alpha value is -7.92. The Balaban J connectivity index is 1.06. The van der Waals surface area contributed by atoms with Crippen molar-refractivity contribution in [2.45, 2.75) is 0 Å². The smallest absolute Gasteiger partial charge is 0.0794 e. The van der Waals surface area contributed by atoms with E-state index in [-0.39, 0.29) is 0 Å². The van der Waals surface area contributed by atoms with E-state index in [2.05, 4.69) is 217 Å². The van der Waals surface area contributed by atoms with Crippen LogP contribution in [-0.4, -0.2) is 9.97 Å². The molecule has 0 spiro atoms. The minimum Gasteiger partial charge on any atom is -0.310 e. The number of thiophene rings is 1. The van der Waals surface area contributed by atoms with Crippen LogP contribution in [0.5, 0.6) is 0 Å². The van der Waals surface area contributed by atoms with Crippen LogP contribution in [0, 0.1) is 0 Å². The maximum absolute atomic E-state index is 5.68. The molecule has 0 aliphatic carbocycles. The van der Waals surface area contributed by atoms with Gasteiger partial charge in [-0.25, -0.2) is 9.97 Å². The summed E-state index contributed by atoms with van der Waals surface area (Å²) in [6.45, 7) is 0. The highest BCUT2D eigenvalue weighted by Crippen LogP contribution is 2.44. The number of fused-ring (bicyclic) bond motifs is 8. The summed E-state index contributed by atoms with van der Waals surface area (Å²) in [5, 5.41) is 8.44. The number of rotatable bonds is 7. The van der Waals surface area contributed by atoms with Gasteiger partial charge >= 0.3 is 0 Å². The highest BCUT2D eigenvalue weighted by atomic mass is 32.1. The molecular formula is C58H37N3S. The van der Waals surface area contributed by atoms with Crippen LogP contribution in [0.4, 0.5) is 17.1 Å². The molecule has 0 aliphatic heterocycles. The zero-order valence-electron chi connectivity index (χ0n) is 33.6. The fourth-order valence-electron chi connectivity index (χ4n) is 9.10. The fraction of sp³-hybridized carbons (Fsp3) is 0. The SMILES string of the molecule is c1ccc(-c2cc(-c3cccc4c3nc(-c3ccc(N(c5ccccc5)c5ccc6sc7ccccc7c6c5)cc3)c3ccc5ccccc5c34)cc(-c3ccccc3)n2)cc1. The number of para-hydroxylation sites is 2. The van der Waals surface area contributed by atoms with Gasteiger partial charge in [0, 0.05) is 75.6 Å². The number of hydrogen-bond acceptors (Lipinski definition) is 4. The number of nitrogens with zero attached hydrogens (tertiary/aromatic N) is 3. The molecular weight excluding hydrogens is 771 g/mol. The van der Waals surface area contributed by atoms with Gasteiger partial charge in [0.05, 0.1) is 22.6 Å². The lowest BCUT2D eigenvalue weighted by molar-refractivity contribution is 1.29. The monoisotopic (exact) mass is 807 g/mol. The third-order valence-electron chi connectivity index (χ3n) is 12.0. The lowest BCUT2D eigenvalue weighted by atomic mass is 9.92. The molecule has 4 heteroatoms. The predicted molar refractivity (Wildman–Crippen MR) is 264 cm³/mol. The van der Waals surface area contributed by atoms with E-state index in [1.54, 1.807) is 0 Å². The number of aromatic nitrogens is 2. The van der Waals surface area contributed by atoms with Gasteiger partial charge in [0.25, 0.3) is 0 Å². The van der Waals surface area contributed by atoms with Crippen molar-refractivity contribution in [2.24, 2.45) is 0 Å². The topological polar surface area (TPSA) is 29.0 Å². The largest absolute Gasteiger partial charge is 0.310 e. The Morgan fingerprint density at radius 2 is 0.935 bits per heavy atom. The van der Waals surface area contributed by atoms with Gasteiger partial charge in [-0.2, -0.15) is 0 Å². The van der Waals surface area contributed by atoms with Crippen molar-refractivity contribution in [3.63, 3.8) is 0 Å². The normalized spacial score (nSPS) is 11.5. The fourth-order valence-corrected chi connectivity index (χ4v) is 10.2. The average Bonchev–Trinajstić information content (AvgIpc) is 3.72. The minimum absolute atomic E-state index is 0.926. The van der Waals surface area contributed by atoms with E-state index in [0.29, 0.717) is 0 Å². The second-order valence-electron chi connectivity index (χ2n) is 15.7. The molecule has 0 fully saturated rings. The lowest BCUT2D eigenvalue weighted by Gasteiger charge is -2.26. The van der Waals surface area contributed by atoms with E-state index in [0.717, 1.165) is 78.3 Å². The van der Waals surface area contributed by atoms with Crippen molar-refractivity contribution >= 4 is 81.0 Å². The van der Waals surface area contributed by atoms with Gasteiger partial charge in [-0.1, -0.05) is 164 Å². The molecule has 0 amide bonds. The van der Waals surface area contributed by atoms with Gasteiger partial charge in [-0.15, -0.1) is 11.3 Å². The van der Waals surface area contributed by atoms with E-state index in [1.807, 2.05) is 23.5 Å². The first kappa shape index (κ1) is 36.0. The molecule has 290 valence electrons. The summed E-state index contributed by atoms with van der Waals surface area (Å²) in [6, 6.07) is 80.3. The van der Waals surface area contributed by atoms with E-state index >= 15 is 0 Å². The first-order valence-electron chi connectivity index (χ1n) is 21.0. The van der Waals surface area contributed by atoms with Crippen molar-refractivity contribution in [1.29, 1.82) is 0 Å². The molecule has 9 aromatic carbocycles. The second-order valence-corrected chi connectivity index (χ2v) is 16.8. The molecule has 0 unspecified atom stereocenters. The number of benzene rings is 9. The molecule has 3 aromatic heterocycles. The molecule has 0 saturated carbocycles. The van der Waals surface area contributed by atoms with Gasteiger partial charge in [0.1, 0.15) is 0 Å². The van der Waals surface area contributed by atoms with Crippen molar-refractivity contribution in [3.8, 4) is 44.9 Å². The summed E-state index contributed by atoms with van der Waals surface area (Å²) in [6.07, 6.45) is 0. The van der Waals surface area contributed by atoms with Crippen molar-refractivity contribution in [3.05, 3.63) is 224 Å². The van der Waals surface area contributed by atoms with Crippen LogP contribution >= 0.6 is 11.3 Å². The van der Waals surface area contributed by atoms with Crippen molar-refractivity contribution in [2.75, 3.05) is 4.90 Å². The van der Waals surface area contributed by atoms with Gasteiger partial charge in [-0.3, -0.25) is 0 Å². The zero-order chi connectivity index (χ0) is 41.0. The standard InChI is InChI=1S/C58H37N3S/c1-4-16-39(17-5-1)52-35-42(36-53(59-52)40-18-6-2-7-19-40)47-24-14-25-49-56-46-22-11-10-15-38(46)29-33-50(56)57(60-58(47)49)41-27-30-44(31-28-41)61(43-20-8-3-9-21-43)45-32-34-55-51(37-45)48-23-12-13-26-54(48)62-55/h1-37H. The lowest BCUT2D eigenvalue weighted by Crippen LogP contribution is -2.09. The maximum Gasteiger partial charge on any atom is 0.0794 e. The Bertz CT molecular complexity index is 3560. The third-order valence-corrected chi connectivity index (χ3v) is 13.2. The molecule has 12 aromatic rings. The molecule has 12 rings (SSSR count). The molecule has 0 radical (unpaired) electrons.